The predicted octanol–water partition coefficient (Wildman–Crippen LogP) is 15.3. The van der Waals surface area contributed by atoms with Crippen molar-refractivity contribution in [1.29, 1.82) is 0 Å². The first-order chi connectivity index (χ1) is 28.5. The van der Waals surface area contributed by atoms with Crippen LogP contribution in [-0.4, -0.2) is 47.4 Å². The molecular weight excluding hydrogens is 719 g/mol. The number of hydrogen-bond donors (Lipinski definition) is 3. The van der Waals surface area contributed by atoms with Crippen LogP contribution in [0.3, 0.4) is 0 Å². The molecule has 0 aromatic carbocycles. The van der Waals surface area contributed by atoms with Crippen LogP contribution in [-0.2, 0) is 14.3 Å². The van der Waals surface area contributed by atoms with E-state index in [0.717, 1.165) is 57.8 Å². The highest BCUT2D eigenvalue weighted by Crippen LogP contribution is 2.16. The molecule has 0 rings (SSSR count). The van der Waals surface area contributed by atoms with Crippen LogP contribution >= 0.6 is 0 Å². The van der Waals surface area contributed by atoms with Crippen LogP contribution in [0.25, 0.3) is 0 Å². The molecule has 0 fully saturated rings. The van der Waals surface area contributed by atoms with E-state index in [2.05, 4.69) is 19.2 Å². The van der Waals surface area contributed by atoms with Gasteiger partial charge in [-0.15, -0.1) is 0 Å². The highest BCUT2D eigenvalue weighted by atomic mass is 16.5. The van der Waals surface area contributed by atoms with Gasteiger partial charge in [-0.05, 0) is 32.1 Å². The monoisotopic (exact) mass is 820 g/mol. The molecule has 0 spiro atoms. The smallest absolute Gasteiger partial charge is 0.305 e. The number of ether oxygens (including phenoxy) is 1. The van der Waals surface area contributed by atoms with Gasteiger partial charge in [0.25, 0.3) is 0 Å². The summed E-state index contributed by atoms with van der Waals surface area (Å²) in [5.74, 6) is -0.0983. The van der Waals surface area contributed by atoms with Crippen molar-refractivity contribution in [2.75, 3.05) is 13.2 Å². The summed E-state index contributed by atoms with van der Waals surface area (Å²) in [6, 6.07) is -0.640. The van der Waals surface area contributed by atoms with Gasteiger partial charge in [-0.3, -0.25) is 9.59 Å². The Hall–Kier alpha value is -1.40. The standard InChI is InChI=1S/C52H101NO5/c1-3-5-7-9-11-13-15-17-18-19-20-22-24-28-32-36-40-44-50(55)49(48-54)53-51(56)45-41-37-33-29-25-23-27-31-35-39-43-47-58-52(57)46-42-38-34-30-26-21-16-14-12-10-8-6-4-2/h40,44,49-50,54-55H,3-39,41-43,45-48H2,1-2H3,(H,53,56)/b44-40+. The lowest BCUT2D eigenvalue weighted by atomic mass is 10.0. The summed E-state index contributed by atoms with van der Waals surface area (Å²) in [7, 11) is 0. The Bertz CT molecular complexity index is 863. The first-order valence-electron chi connectivity index (χ1n) is 26.0. The van der Waals surface area contributed by atoms with Crippen LogP contribution in [0, 0.1) is 0 Å². The zero-order valence-corrected chi connectivity index (χ0v) is 39.0. The van der Waals surface area contributed by atoms with Gasteiger partial charge < -0.3 is 20.3 Å². The van der Waals surface area contributed by atoms with Gasteiger partial charge in [0.1, 0.15) is 0 Å². The minimum absolute atomic E-state index is 0.0136. The number of nitrogens with one attached hydrogen (secondary N) is 1. The highest BCUT2D eigenvalue weighted by Gasteiger charge is 2.18. The molecule has 2 unspecified atom stereocenters. The van der Waals surface area contributed by atoms with Gasteiger partial charge in [0.2, 0.25) is 5.91 Å². The van der Waals surface area contributed by atoms with E-state index in [1.165, 1.54) is 199 Å². The Morgan fingerprint density at radius 2 is 0.793 bits per heavy atom. The second kappa shape index (κ2) is 48.3. The highest BCUT2D eigenvalue weighted by molar-refractivity contribution is 5.76. The van der Waals surface area contributed by atoms with Crippen LogP contribution in [0.15, 0.2) is 12.2 Å². The summed E-state index contributed by atoms with van der Waals surface area (Å²) < 4.78 is 5.45. The fraction of sp³-hybridized carbons (Fsp3) is 0.923. The van der Waals surface area contributed by atoms with Crippen molar-refractivity contribution in [2.45, 2.75) is 296 Å². The van der Waals surface area contributed by atoms with Gasteiger partial charge in [0.05, 0.1) is 25.4 Å². The van der Waals surface area contributed by atoms with E-state index >= 15 is 0 Å². The molecule has 2 atom stereocenters. The topological polar surface area (TPSA) is 95.9 Å². The summed E-state index contributed by atoms with van der Waals surface area (Å²) in [5, 5.41) is 23.1. The molecule has 0 aromatic rings. The Balaban J connectivity index is 3.50. The molecule has 0 saturated heterocycles. The number of carbonyl (C=O) groups excluding carboxylic acids is 2. The average molecular weight is 820 g/mol. The van der Waals surface area contributed by atoms with Crippen LogP contribution < -0.4 is 5.32 Å². The maximum absolute atomic E-state index is 12.4. The lowest BCUT2D eigenvalue weighted by Gasteiger charge is -2.20. The molecular formula is C52H101NO5. The maximum atomic E-state index is 12.4. The van der Waals surface area contributed by atoms with Crippen LogP contribution in [0.5, 0.6) is 0 Å². The first kappa shape index (κ1) is 56.6. The van der Waals surface area contributed by atoms with E-state index in [1.807, 2.05) is 6.08 Å². The fourth-order valence-corrected chi connectivity index (χ4v) is 8.05. The van der Waals surface area contributed by atoms with Crippen molar-refractivity contribution < 1.29 is 24.5 Å². The second-order valence-corrected chi connectivity index (χ2v) is 17.9. The van der Waals surface area contributed by atoms with E-state index in [1.54, 1.807) is 6.08 Å². The lowest BCUT2D eigenvalue weighted by molar-refractivity contribution is -0.143. The minimum Gasteiger partial charge on any atom is -0.466 e. The quantitative estimate of drug-likeness (QED) is 0.0323. The molecule has 0 radical (unpaired) electrons. The molecule has 3 N–H and O–H groups in total. The molecule has 0 aliphatic rings. The van der Waals surface area contributed by atoms with Gasteiger partial charge >= 0.3 is 5.97 Å². The number of allylic oxidation sites excluding steroid dienone is 1. The van der Waals surface area contributed by atoms with Crippen molar-refractivity contribution in [2.24, 2.45) is 0 Å². The van der Waals surface area contributed by atoms with Gasteiger partial charge in [0, 0.05) is 12.8 Å². The molecule has 0 aliphatic heterocycles. The largest absolute Gasteiger partial charge is 0.466 e. The normalized spacial score (nSPS) is 12.7. The Labute approximate surface area is 361 Å². The van der Waals surface area contributed by atoms with Crippen LogP contribution in [0.4, 0.5) is 0 Å². The number of carbonyl (C=O) groups is 2. The number of rotatable bonds is 48. The summed E-state index contributed by atoms with van der Waals surface area (Å²) in [5.41, 5.74) is 0. The third-order valence-electron chi connectivity index (χ3n) is 12.1. The number of amides is 1. The summed E-state index contributed by atoms with van der Waals surface area (Å²) in [6.45, 7) is 4.87. The molecule has 1 amide bonds. The average Bonchev–Trinajstić information content (AvgIpc) is 3.22. The molecule has 0 aliphatic carbocycles. The molecule has 0 saturated carbocycles. The van der Waals surface area contributed by atoms with Crippen LogP contribution in [0.1, 0.15) is 284 Å². The van der Waals surface area contributed by atoms with Crippen molar-refractivity contribution in [3.63, 3.8) is 0 Å². The first-order valence-corrected chi connectivity index (χ1v) is 26.0. The van der Waals surface area contributed by atoms with Crippen molar-refractivity contribution >= 4 is 11.9 Å². The number of aliphatic hydroxyl groups excluding tert-OH is 2. The Kier molecular flexibility index (Phi) is 47.1. The third-order valence-corrected chi connectivity index (χ3v) is 12.1. The molecule has 0 aromatic heterocycles. The minimum atomic E-state index is -0.855. The molecule has 58 heavy (non-hydrogen) atoms. The zero-order chi connectivity index (χ0) is 42.3. The summed E-state index contributed by atoms with van der Waals surface area (Å²) in [6.07, 6.45) is 54.9. The number of unbranched alkanes of at least 4 members (excludes halogenated alkanes) is 37. The Morgan fingerprint density at radius 1 is 0.466 bits per heavy atom. The molecule has 0 heterocycles. The summed E-state index contributed by atoms with van der Waals surface area (Å²) >= 11 is 0. The SMILES string of the molecule is CCCCCCCCCCCCCCCCC/C=C/C(O)C(CO)NC(=O)CCCCCCCCCCCCCOC(=O)CCCCCCCCCCCCCCC. The van der Waals surface area contributed by atoms with Gasteiger partial charge in [-0.2, -0.15) is 0 Å². The molecule has 344 valence electrons. The van der Waals surface area contributed by atoms with Crippen LogP contribution in [0.2, 0.25) is 0 Å². The van der Waals surface area contributed by atoms with E-state index < -0.39 is 12.1 Å². The van der Waals surface area contributed by atoms with Crippen molar-refractivity contribution in [3.8, 4) is 0 Å². The molecule has 6 nitrogen and oxygen atoms in total. The van der Waals surface area contributed by atoms with Crippen molar-refractivity contribution in [1.82, 2.24) is 5.32 Å². The molecule has 0 bridgehead atoms. The lowest BCUT2D eigenvalue weighted by Crippen LogP contribution is -2.45. The second-order valence-electron chi connectivity index (χ2n) is 17.9. The van der Waals surface area contributed by atoms with Gasteiger partial charge in [-0.25, -0.2) is 0 Å². The molecule has 6 heteroatoms. The Morgan fingerprint density at radius 3 is 1.17 bits per heavy atom. The van der Waals surface area contributed by atoms with E-state index in [9.17, 15) is 19.8 Å². The van der Waals surface area contributed by atoms with Gasteiger partial charge in [0.15, 0.2) is 0 Å². The fourth-order valence-electron chi connectivity index (χ4n) is 8.05. The zero-order valence-electron chi connectivity index (χ0n) is 39.0. The van der Waals surface area contributed by atoms with Gasteiger partial charge in [-0.1, -0.05) is 251 Å². The summed E-state index contributed by atoms with van der Waals surface area (Å²) in [4.78, 5) is 24.4. The number of esters is 1. The number of hydrogen-bond acceptors (Lipinski definition) is 5. The van der Waals surface area contributed by atoms with Crippen molar-refractivity contribution in [3.05, 3.63) is 12.2 Å². The van der Waals surface area contributed by atoms with E-state index in [4.69, 9.17) is 4.74 Å². The van der Waals surface area contributed by atoms with E-state index in [0.29, 0.717) is 19.4 Å². The predicted molar refractivity (Wildman–Crippen MR) is 250 cm³/mol. The maximum Gasteiger partial charge on any atom is 0.305 e. The van der Waals surface area contributed by atoms with E-state index in [-0.39, 0.29) is 18.5 Å². The number of aliphatic hydroxyl groups is 2. The third kappa shape index (κ3) is 44.2.